The minimum atomic E-state index is -1.51. The average molecular weight is 318 g/mol. The summed E-state index contributed by atoms with van der Waals surface area (Å²) < 4.78 is 0. The molecule has 3 saturated carbocycles. The minimum Gasteiger partial charge on any atom is -0.365 e. The summed E-state index contributed by atoms with van der Waals surface area (Å²) in [5.41, 5.74) is 1.48. The molecule has 0 aliphatic heterocycles. The number of carbonyl (C=O) groups is 1. The number of hydrogen-bond acceptors (Lipinski definition) is 3. The third-order valence-corrected chi connectivity index (χ3v) is 8.40. The van der Waals surface area contributed by atoms with E-state index in [0.717, 1.165) is 25.7 Å². The SMILES string of the molecule is CC1CC(O)(O)[C@H]2[C@@H]3CCC4=CC(=O)CC[C@]4(C)[C@H]3CC[C@]12C. The van der Waals surface area contributed by atoms with Gasteiger partial charge in [0.15, 0.2) is 11.6 Å². The number of aliphatic hydroxyl groups is 2. The first kappa shape index (κ1) is 15.8. The van der Waals surface area contributed by atoms with E-state index in [1.807, 2.05) is 6.08 Å². The Kier molecular flexibility index (Phi) is 3.23. The second kappa shape index (κ2) is 4.70. The van der Waals surface area contributed by atoms with Gasteiger partial charge in [-0.2, -0.15) is 0 Å². The second-order valence-corrected chi connectivity index (χ2v) is 9.37. The Morgan fingerprint density at radius 3 is 2.61 bits per heavy atom. The molecule has 0 radical (unpaired) electrons. The number of ketones is 1. The van der Waals surface area contributed by atoms with E-state index in [2.05, 4.69) is 20.8 Å². The maximum absolute atomic E-state index is 11.8. The summed E-state index contributed by atoms with van der Waals surface area (Å²) in [4.78, 5) is 11.8. The molecule has 0 spiro atoms. The van der Waals surface area contributed by atoms with E-state index in [4.69, 9.17) is 0 Å². The standard InChI is InChI=1S/C20H30O3/c1-12-11-20(22,23)17-15-5-4-13-10-14(21)6-8-19(13,3)16(15)7-9-18(12,17)2/h10,12,15-17,22-23H,4-9,11H2,1-3H3/t12?,15-,16+,17+,18-,19+/m1/s1. The molecule has 4 aliphatic carbocycles. The first-order chi connectivity index (χ1) is 10.7. The molecular weight excluding hydrogens is 288 g/mol. The van der Waals surface area contributed by atoms with Crippen molar-refractivity contribution in [1.29, 1.82) is 0 Å². The van der Waals surface area contributed by atoms with E-state index in [0.29, 0.717) is 30.6 Å². The maximum Gasteiger partial charge on any atom is 0.166 e. The van der Waals surface area contributed by atoms with Crippen molar-refractivity contribution in [3.63, 3.8) is 0 Å². The molecule has 2 N–H and O–H groups in total. The quantitative estimate of drug-likeness (QED) is 0.673. The van der Waals surface area contributed by atoms with Crippen LogP contribution in [0.25, 0.3) is 0 Å². The Labute approximate surface area is 139 Å². The summed E-state index contributed by atoms with van der Waals surface area (Å²) in [5.74, 6) is -0.00755. The van der Waals surface area contributed by atoms with Gasteiger partial charge in [0, 0.05) is 18.8 Å². The molecule has 4 aliphatic rings. The van der Waals surface area contributed by atoms with E-state index in [1.54, 1.807) is 0 Å². The van der Waals surface area contributed by atoms with Gasteiger partial charge < -0.3 is 10.2 Å². The predicted molar refractivity (Wildman–Crippen MR) is 88.4 cm³/mol. The van der Waals surface area contributed by atoms with Crippen molar-refractivity contribution in [2.45, 2.75) is 71.5 Å². The second-order valence-electron chi connectivity index (χ2n) is 9.37. The third-order valence-electron chi connectivity index (χ3n) is 8.40. The Hall–Kier alpha value is -0.670. The lowest BCUT2D eigenvalue weighted by Gasteiger charge is -2.58. The Morgan fingerprint density at radius 2 is 1.87 bits per heavy atom. The molecule has 0 aromatic carbocycles. The zero-order valence-corrected chi connectivity index (χ0v) is 14.6. The van der Waals surface area contributed by atoms with Crippen molar-refractivity contribution >= 4 is 5.78 Å². The fourth-order valence-electron chi connectivity index (χ4n) is 7.03. The molecule has 3 fully saturated rings. The molecule has 4 rings (SSSR count). The fraction of sp³-hybridized carbons (Fsp3) is 0.850. The van der Waals surface area contributed by atoms with E-state index in [-0.39, 0.29) is 22.5 Å². The van der Waals surface area contributed by atoms with Gasteiger partial charge in [-0.1, -0.05) is 26.3 Å². The van der Waals surface area contributed by atoms with Gasteiger partial charge in [0.05, 0.1) is 0 Å². The van der Waals surface area contributed by atoms with Crippen LogP contribution in [0.5, 0.6) is 0 Å². The molecular formula is C20H30O3. The third kappa shape index (κ3) is 1.99. The highest BCUT2D eigenvalue weighted by atomic mass is 16.5. The van der Waals surface area contributed by atoms with Crippen LogP contribution in [0.4, 0.5) is 0 Å². The van der Waals surface area contributed by atoms with Gasteiger partial charge in [-0.25, -0.2) is 0 Å². The monoisotopic (exact) mass is 318 g/mol. The Bertz CT molecular complexity index is 577. The van der Waals surface area contributed by atoms with Gasteiger partial charge in [0.1, 0.15) is 0 Å². The summed E-state index contributed by atoms with van der Waals surface area (Å²) in [7, 11) is 0. The fourth-order valence-corrected chi connectivity index (χ4v) is 7.03. The molecule has 1 unspecified atom stereocenters. The van der Waals surface area contributed by atoms with Crippen LogP contribution >= 0.6 is 0 Å². The van der Waals surface area contributed by atoms with Crippen molar-refractivity contribution in [2.24, 2.45) is 34.5 Å². The highest BCUT2D eigenvalue weighted by molar-refractivity contribution is 5.91. The van der Waals surface area contributed by atoms with E-state index in [1.165, 1.54) is 12.0 Å². The van der Waals surface area contributed by atoms with Crippen LogP contribution in [0.15, 0.2) is 11.6 Å². The average Bonchev–Trinajstić information content (AvgIpc) is 2.65. The first-order valence-electron chi connectivity index (χ1n) is 9.37. The van der Waals surface area contributed by atoms with Crippen LogP contribution in [0, 0.1) is 34.5 Å². The first-order valence-corrected chi connectivity index (χ1v) is 9.37. The van der Waals surface area contributed by atoms with Gasteiger partial charge in [0.25, 0.3) is 0 Å². The number of carbonyl (C=O) groups excluding carboxylic acids is 1. The van der Waals surface area contributed by atoms with E-state index in [9.17, 15) is 15.0 Å². The summed E-state index contributed by atoms with van der Waals surface area (Å²) in [5, 5.41) is 21.5. The van der Waals surface area contributed by atoms with Crippen LogP contribution in [0.3, 0.4) is 0 Å². The zero-order chi connectivity index (χ0) is 16.6. The van der Waals surface area contributed by atoms with Gasteiger partial charge in [0.2, 0.25) is 0 Å². The van der Waals surface area contributed by atoms with Crippen LogP contribution < -0.4 is 0 Å². The smallest absolute Gasteiger partial charge is 0.166 e. The summed E-state index contributed by atoms with van der Waals surface area (Å²) in [6, 6.07) is 0. The van der Waals surface area contributed by atoms with Crippen LogP contribution in [-0.4, -0.2) is 21.8 Å². The van der Waals surface area contributed by atoms with Gasteiger partial charge in [-0.15, -0.1) is 0 Å². The summed E-state index contributed by atoms with van der Waals surface area (Å²) in [6.45, 7) is 6.81. The Balaban J connectivity index is 1.74. The van der Waals surface area contributed by atoms with E-state index >= 15 is 0 Å². The van der Waals surface area contributed by atoms with Crippen LogP contribution in [0.2, 0.25) is 0 Å². The molecule has 0 aromatic heterocycles. The molecule has 6 atom stereocenters. The normalized spacial score (nSPS) is 51.5. The molecule has 0 aromatic rings. The highest BCUT2D eigenvalue weighted by Gasteiger charge is 2.65. The largest absolute Gasteiger partial charge is 0.365 e. The molecule has 3 heteroatoms. The zero-order valence-electron chi connectivity index (χ0n) is 14.6. The van der Waals surface area contributed by atoms with Crippen molar-refractivity contribution in [2.75, 3.05) is 0 Å². The molecule has 128 valence electrons. The molecule has 3 nitrogen and oxygen atoms in total. The van der Waals surface area contributed by atoms with Gasteiger partial charge >= 0.3 is 0 Å². The van der Waals surface area contributed by atoms with Gasteiger partial charge in [-0.05, 0) is 66.8 Å². The number of fused-ring (bicyclic) bond motifs is 5. The highest BCUT2D eigenvalue weighted by Crippen LogP contribution is 2.68. The lowest BCUT2D eigenvalue weighted by Crippen LogP contribution is -2.55. The molecule has 0 saturated heterocycles. The lowest BCUT2D eigenvalue weighted by atomic mass is 9.46. The van der Waals surface area contributed by atoms with Gasteiger partial charge in [-0.3, -0.25) is 4.79 Å². The summed E-state index contributed by atoms with van der Waals surface area (Å²) in [6.07, 6.45) is 8.24. The van der Waals surface area contributed by atoms with Crippen molar-refractivity contribution in [3.8, 4) is 0 Å². The minimum absolute atomic E-state index is 0.0141. The van der Waals surface area contributed by atoms with Crippen molar-refractivity contribution in [3.05, 3.63) is 11.6 Å². The molecule has 0 bridgehead atoms. The molecule has 0 amide bonds. The summed E-state index contributed by atoms with van der Waals surface area (Å²) >= 11 is 0. The van der Waals surface area contributed by atoms with Crippen LogP contribution in [-0.2, 0) is 4.79 Å². The topological polar surface area (TPSA) is 57.5 Å². The number of hydrogen-bond donors (Lipinski definition) is 2. The van der Waals surface area contributed by atoms with Crippen molar-refractivity contribution < 1.29 is 15.0 Å². The lowest BCUT2D eigenvalue weighted by molar-refractivity contribution is -0.231. The number of rotatable bonds is 0. The van der Waals surface area contributed by atoms with Crippen molar-refractivity contribution in [1.82, 2.24) is 0 Å². The predicted octanol–water partition coefficient (Wildman–Crippen LogP) is 3.45. The van der Waals surface area contributed by atoms with Crippen LogP contribution in [0.1, 0.15) is 65.7 Å². The molecule has 23 heavy (non-hydrogen) atoms. The maximum atomic E-state index is 11.8. The van der Waals surface area contributed by atoms with E-state index < -0.39 is 5.79 Å². The Morgan fingerprint density at radius 1 is 1.13 bits per heavy atom. The molecule has 0 heterocycles. The number of allylic oxidation sites excluding steroid dienone is 1.